The van der Waals surface area contributed by atoms with Gasteiger partial charge in [-0.3, -0.25) is 24.3 Å². The number of amides is 2. The molecule has 1 aliphatic rings. The van der Waals surface area contributed by atoms with E-state index in [0.29, 0.717) is 29.9 Å². The molecule has 3 N–H and O–H groups in total. The Balaban J connectivity index is 2.28. The van der Waals surface area contributed by atoms with Crippen molar-refractivity contribution in [3.63, 3.8) is 0 Å². The molecule has 7 nitrogen and oxygen atoms in total. The Kier molecular flexibility index (Phi) is 3.81. The van der Waals surface area contributed by atoms with Gasteiger partial charge in [-0.2, -0.15) is 0 Å². The molecular formula is C15H19B3N4O3. The van der Waals surface area contributed by atoms with Crippen molar-refractivity contribution in [1.29, 1.82) is 0 Å². The van der Waals surface area contributed by atoms with Gasteiger partial charge in [-0.15, -0.1) is 0 Å². The van der Waals surface area contributed by atoms with Crippen LogP contribution in [-0.4, -0.2) is 44.9 Å². The molecule has 0 radical (unpaired) electrons. The Bertz CT molecular complexity index is 972. The molecule has 1 aromatic heterocycles. The Morgan fingerprint density at radius 3 is 2.52 bits per heavy atom. The lowest BCUT2D eigenvalue weighted by Gasteiger charge is -2.31. The summed E-state index contributed by atoms with van der Waals surface area (Å²) in [6, 6.07) is 5.08. The summed E-state index contributed by atoms with van der Waals surface area (Å²) in [5.74, 6) is -0.419. The highest BCUT2D eigenvalue weighted by Gasteiger charge is 2.45. The predicted molar refractivity (Wildman–Crippen MR) is 104 cm³/mol. The fraction of sp³-hybridized carbons (Fsp3) is 0.333. The lowest BCUT2D eigenvalue weighted by molar-refractivity contribution is -0.132. The second kappa shape index (κ2) is 5.51. The number of nitrogen functional groups attached to an aromatic ring is 1. The highest BCUT2D eigenvalue weighted by atomic mass is 16.2. The van der Waals surface area contributed by atoms with Gasteiger partial charge in [0.15, 0.2) is 0 Å². The van der Waals surface area contributed by atoms with Crippen molar-refractivity contribution in [1.82, 2.24) is 14.9 Å². The minimum Gasteiger partial charge on any atom is -0.398 e. The first-order valence-corrected chi connectivity index (χ1v) is 8.22. The van der Waals surface area contributed by atoms with E-state index in [0.717, 1.165) is 0 Å². The van der Waals surface area contributed by atoms with Gasteiger partial charge in [0.2, 0.25) is 11.8 Å². The molecule has 0 aliphatic carbocycles. The Morgan fingerprint density at radius 1 is 1.16 bits per heavy atom. The van der Waals surface area contributed by atoms with Crippen LogP contribution in [0.1, 0.15) is 18.7 Å². The van der Waals surface area contributed by atoms with Gasteiger partial charge in [-0.05, 0) is 30.7 Å². The largest absolute Gasteiger partial charge is 0.398 e. The number of carbonyl (C=O) groups is 2. The van der Waals surface area contributed by atoms with E-state index in [2.05, 4.69) is 10.3 Å². The first-order valence-electron chi connectivity index (χ1n) is 8.22. The Labute approximate surface area is 147 Å². The minimum atomic E-state index is -1.21. The van der Waals surface area contributed by atoms with Gasteiger partial charge in [0.05, 0.1) is 16.3 Å². The number of aromatic nitrogens is 2. The van der Waals surface area contributed by atoms with Crippen molar-refractivity contribution in [2.24, 2.45) is 0 Å². The first kappa shape index (κ1) is 17.3. The first-order chi connectivity index (χ1) is 11.6. The summed E-state index contributed by atoms with van der Waals surface area (Å²) in [5.41, 5.74) is 5.20. The molecule has 2 aromatic rings. The maximum atomic E-state index is 13.2. The van der Waals surface area contributed by atoms with Gasteiger partial charge < -0.3 is 5.73 Å². The van der Waals surface area contributed by atoms with Crippen LogP contribution in [0.4, 0.5) is 5.69 Å². The standard InChI is InChI=1S/C15H19B3N4O3/c1-7-20-9-4-2-3-8(19)10(9)11(23)22(7)15(18)6-5-14(16,17)12(24)21-13(15)25/h2-4H,5-6,16-19H2,1H3,(H,21,24,25). The second-order valence-electron chi connectivity index (χ2n) is 7.48. The average Bonchev–Trinajstić information content (AvgIpc) is 2.58. The minimum absolute atomic E-state index is 0.289. The fourth-order valence-electron chi connectivity index (χ4n) is 3.35. The van der Waals surface area contributed by atoms with E-state index in [4.69, 9.17) is 5.73 Å². The highest BCUT2D eigenvalue weighted by molar-refractivity contribution is 6.52. The van der Waals surface area contributed by atoms with Crippen LogP contribution in [0, 0.1) is 6.92 Å². The molecule has 10 heteroatoms. The number of fused-ring (bicyclic) bond motifs is 1. The number of hydrogen-bond acceptors (Lipinski definition) is 5. The molecule has 0 bridgehead atoms. The van der Waals surface area contributed by atoms with Crippen molar-refractivity contribution in [2.75, 3.05) is 5.73 Å². The topological polar surface area (TPSA) is 107 Å². The molecule has 25 heavy (non-hydrogen) atoms. The number of hydrogen-bond donors (Lipinski definition) is 2. The zero-order valence-electron chi connectivity index (χ0n) is 14.8. The third kappa shape index (κ3) is 2.56. The third-order valence-corrected chi connectivity index (χ3v) is 5.16. The molecule has 126 valence electrons. The highest BCUT2D eigenvalue weighted by Crippen LogP contribution is 2.33. The molecule has 2 amide bonds. The van der Waals surface area contributed by atoms with Crippen LogP contribution in [0.15, 0.2) is 23.0 Å². The van der Waals surface area contributed by atoms with Crippen molar-refractivity contribution < 1.29 is 9.59 Å². The van der Waals surface area contributed by atoms with E-state index in [9.17, 15) is 14.4 Å². The number of rotatable bonds is 1. The van der Waals surface area contributed by atoms with Gasteiger partial charge >= 0.3 is 0 Å². The SMILES string of the molecule is BC1(B)CCC(B)(n2c(C)nc3cccc(N)c3c2=O)C(=O)NC1=O. The van der Waals surface area contributed by atoms with E-state index in [-0.39, 0.29) is 16.9 Å². The molecule has 1 unspecified atom stereocenters. The molecule has 1 fully saturated rings. The zero-order valence-corrected chi connectivity index (χ0v) is 14.8. The van der Waals surface area contributed by atoms with Gasteiger partial charge in [0.1, 0.15) is 29.4 Å². The lowest BCUT2D eigenvalue weighted by Crippen LogP contribution is -2.54. The Morgan fingerprint density at radius 2 is 1.84 bits per heavy atom. The summed E-state index contributed by atoms with van der Waals surface area (Å²) < 4.78 is 1.37. The van der Waals surface area contributed by atoms with Crippen LogP contribution in [0.25, 0.3) is 10.9 Å². The van der Waals surface area contributed by atoms with E-state index in [1.807, 2.05) is 0 Å². The summed E-state index contributed by atoms with van der Waals surface area (Å²) in [5, 5.41) is 2.04. The number of nitrogens with two attached hydrogens (primary N) is 1. The van der Waals surface area contributed by atoms with E-state index >= 15 is 0 Å². The monoisotopic (exact) mass is 336 g/mol. The molecule has 0 saturated carbocycles. The van der Waals surface area contributed by atoms with Crippen LogP contribution >= 0.6 is 0 Å². The van der Waals surface area contributed by atoms with E-state index in [1.165, 1.54) is 4.57 Å². The summed E-state index contributed by atoms with van der Waals surface area (Å²) >= 11 is 0. The number of benzene rings is 1. The number of carbonyl (C=O) groups excluding carboxylic acids is 2. The fourth-order valence-corrected chi connectivity index (χ4v) is 3.35. The number of imide groups is 1. The maximum absolute atomic E-state index is 13.2. The van der Waals surface area contributed by atoms with Crippen molar-refractivity contribution in [2.45, 2.75) is 30.4 Å². The molecular weight excluding hydrogens is 317 g/mol. The van der Waals surface area contributed by atoms with E-state index < -0.39 is 16.6 Å². The molecule has 0 spiro atoms. The quantitative estimate of drug-likeness (QED) is 0.337. The molecule has 1 aliphatic heterocycles. The van der Waals surface area contributed by atoms with Crippen LogP contribution in [0.3, 0.4) is 0 Å². The van der Waals surface area contributed by atoms with Crippen molar-refractivity contribution >= 4 is 51.9 Å². The number of aryl methyl sites for hydroxylation is 1. The third-order valence-electron chi connectivity index (χ3n) is 5.16. The van der Waals surface area contributed by atoms with Crippen LogP contribution in [0.2, 0.25) is 5.21 Å². The van der Waals surface area contributed by atoms with Crippen molar-refractivity contribution in [3.8, 4) is 0 Å². The summed E-state index contributed by atoms with van der Waals surface area (Å²) in [6.07, 6.45) is 0.813. The molecule has 1 atom stereocenters. The van der Waals surface area contributed by atoms with Gasteiger partial charge in [0.25, 0.3) is 5.56 Å². The van der Waals surface area contributed by atoms with Gasteiger partial charge in [-0.25, -0.2) is 4.98 Å². The number of nitrogens with zero attached hydrogens (tertiary/aromatic N) is 2. The normalized spacial score (nSPS) is 23.2. The second-order valence-corrected chi connectivity index (χ2v) is 7.48. The smallest absolute Gasteiger partial charge is 0.263 e. The maximum Gasteiger partial charge on any atom is 0.263 e. The van der Waals surface area contributed by atoms with Crippen LogP contribution in [0.5, 0.6) is 0 Å². The van der Waals surface area contributed by atoms with Crippen molar-refractivity contribution in [3.05, 3.63) is 34.4 Å². The van der Waals surface area contributed by atoms with Gasteiger partial charge in [0, 0.05) is 5.69 Å². The number of anilines is 1. The zero-order chi connectivity index (χ0) is 18.6. The predicted octanol–water partition coefficient (Wildman–Crippen LogP) is -2.61. The lowest BCUT2D eigenvalue weighted by atomic mass is 9.51. The van der Waals surface area contributed by atoms with Crippen LogP contribution < -0.4 is 16.6 Å². The molecule has 1 saturated heterocycles. The van der Waals surface area contributed by atoms with E-state index in [1.54, 1.807) is 48.7 Å². The molecule has 1 aromatic carbocycles. The van der Waals surface area contributed by atoms with Gasteiger partial charge in [-0.1, -0.05) is 12.5 Å². The Hall–Kier alpha value is -2.51. The molecule has 2 heterocycles. The molecule has 3 rings (SSSR count). The number of nitrogens with one attached hydrogen (secondary N) is 1. The average molecular weight is 336 g/mol. The summed E-state index contributed by atoms with van der Waals surface area (Å²) in [4.78, 5) is 42.7. The summed E-state index contributed by atoms with van der Waals surface area (Å²) in [7, 11) is 5.24. The van der Waals surface area contributed by atoms with Crippen LogP contribution in [-0.2, 0) is 15.0 Å². The summed E-state index contributed by atoms with van der Waals surface area (Å²) in [6.45, 7) is 1.68.